The summed E-state index contributed by atoms with van der Waals surface area (Å²) < 4.78 is 10.4. The van der Waals surface area contributed by atoms with Crippen molar-refractivity contribution >= 4 is 11.9 Å². The molecule has 2 N–H and O–H groups in total. The van der Waals surface area contributed by atoms with E-state index in [1.807, 2.05) is 12.1 Å². The molecular formula is C18H16O6. The zero-order valence-electron chi connectivity index (χ0n) is 12.8. The summed E-state index contributed by atoms with van der Waals surface area (Å²) in [4.78, 5) is 23.6. The molecular weight excluding hydrogens is 312 g/mol. The number of rotatable bonds is 5. The third-order valence-electron chi connectivity index (χ3n) is 3.86. The molecule has 1 heterocycles. The van der Waals surface area contributed by atoms with Crippen LogP contribution in [0.3, 0.4) is 0 Å². The Bertz CT molecular complexity index is 783. The Morgan fingerprint density at radius 2 is 1.92 bits per heavy atom. The summed E-state index contributed by atoms with van der Waals surface area (Å²) in [6.45, 7) is 0.115. The Labute approximate surface area is 138 Å². The maximum Gasteiger partial charge on any atom is 0.342 e. The number of carbonyl (C=O) groups is 2. The smallest absolute Gasteiger partial charge is 0.342 e. The SMILES string of the molecule is O=C1O[C@@H](CCCOC(=O)c2cccc(O)c2O)c2ccccc21. The standard InChI is InChI=1S/C18H16O6/c19-14-8-3-7-13(16(14)20)17(21)23-10-4-9-15-11-5-1-2-6-12(11)18(22)24-15/h1-3,5-8,15,19-20H,4,9-10H2/t15-/m0/s1. The van der Waals surface area contributed by atoms with E-state index in [1.54, 1.807) is 12.1 Å². The van der Waals surface area contributed by atoms with Crippen LogP contribution in [0, 0.1) is 0 Å². The number of phenols is 2. The molecule has 6 nitrogen and oxygen atoms in total. The van der Waals surface area contributed by atoms with Crippen molar-refractivity contribution in [3.63, 3.8) is 0 Å². The number of aromatic hydroxyl groups is 2. The molecule has 0 aromatic heterocycles. The van der Waals surface area contributed by atoms with E-state index in [0.717, 1.165) is 5.56 Å². The van der Waals surface area contributed by atoms with Crippen LogP contribution >= 0.6 is 0 Å². The third-order valence-corrected chi connectivity index (χ3v) is 3.86. The van der Waals surface area contributed by atoms with Gasteiger partial charge >= 0.3 is 11.9 Å². The molecule has 0 saturated carbocycles. The summed E-state index contributed by atoms with van der Waals surface area (Å²) in [6.07, 6.45) is 0.696. The van der Waals surface area contributed by atoms with E-state index in [2.05, 4.69) is 0 Å². The Balaban J connectivity index is 1.52. The molecule has 6 heteroatoms. The number of ether oxygens (including phenoxy) is 2. The minimum Gasteiger partial charge on any atom is -0.504 e. The number of para-hydroxylation sites is 1. The summed E-state index contributed by atoms with van der Waals surface area (Å²) in [7, 11) is 0. The highest BCUT2D eigenvalue weighted by Gasteiger charge is 2.29. The number of fused-ring (bicyclic) bond motifs is 1. The lowest BCUT2D eigenvalue weighted by Crippen LogP contribution is -2.08. The van der Waals surface area contributed by atoms with Gasteiger partial charge in [-0.05, 0) is 31.0 Å². The average molecular weight is 328 g/mol. The predicted octanol–water partition coefficient (Wildman–Crippen LogP) is 2.95. The largest absolute Gasteiger partial charge is 0.504 e. The molecule has 124 valence electrons. The van der Waals surface area contributed by atoms with Crippen LogP contribution in [0.2, 0.25) is 0 Å². The summed E-state index contributed by atoms with van der Waals surface area (Å²) in [5.74, 6) is -1.93. The second kappa shape index (κ2) is 6.62. The second-order valence-electron chi connectivity index (χ2n) is 5.43. The van der Waals surface area contributed by atoms with Crippen LogP contribution in [0.25, 0.3) is 0 Å². The molecule has 2 aromatic rings. The molecule has 0 unspecified atom stereocenters. The van der Waals surface area contributed by atoms with Gasteiger partial charge in [0.2, 0.25) is 0 Å². The van der Waals surface area contributed by atoms with Crippen molar-refractivity contribution in [1.82, 2.24) is 0 Å². The van der Waals surface area contributed by atoms with Crippen molar-refractivity contribution in [2.75, 3.05) is 6.61 Å². The summed E-state index contributed by atoms with van der Waals surface area (Å²) >= 11 is 0. The molecule has 0 bridgehead atoms. The number of hydrogen-bond acceptors (Lipinski definition) is 6. The zero-order valence-corrected chi connectivity index (χ0v) is 12.8. The van der Waals surface area contributed by atoms with Gasteiger partial charge in [-0.25, -0.2) is 9.59 Å². The molecule has 1 atom stereocenters. The zero-order chi connectivity index (χ0) is 17.1. The average Bonchev–Trinajstić information content (AvgIpc) is 2.90. The highest BCUT2D eigenvalue weighted by molar-refractivity contribution is 5.94. The topological polar surface area (TPSA) is 93.1 Å². The van der Waals surface area contributed by atoms with E-state index in [-0.39, 0.29) is 30.0 Å². The summed E-state index contributed by atoms with van der Waals surface area (Å²) in [5.41, 5.74) is 1.33. The molecule has 1 aliphatic rings. The van der Waals surface area contributed by atoms with Gasteiger partial charge in [0, 0.05) is 5.56 Å². The molecule has 24 heavy (non-hydrogen) atoms. The van der Waals surface area contributed by atoms with Gasteiger partial charge in [0.1, 0.15) is 11.7 Å². The predicted molar refractivity (Wildman–Crippen MR) is 83.9 cm³/mol. The van der Waals surface area contributed by atoms with Crippen LogP contribution in [0.5, 0.6) is 11.5 Å². The van der Waals surface area contributed by atoms with Crippen molar-refractivity contribution in [2.45, 2.75) is 18.9 Å². The fourth-order valence-electron chi connectivity index (χ4n) is 2.64. The number of phenolic OH excluding ortho intramolecular Hbond substituents is 2. The van der Waals surface area contributed by atoms with Gasteiger partial charge in [-0.3, -0.25) is 0 Å². The number of cyclic esters (lactones) is 1. The number of esters is 2. The molecule has 1 aliphatic heterocycles. The van der Waals surface area contributed by atoms with Gasteiger partial charge in [-0.2, -0.15) is 0 Å². The minimum atomic E-state index is -0.716. The molecule has 0 fully saturated rings. The van der Waals surface area contributed by atoms with Crippen molar-refractivity contribution in [3.05, 3.63) is 59.2 Å². The van der Waals surface area contributed by atoms with Gasteiger partial charge < -0.3 is 19.7 Å². The lowest BCUT2D eigenvalue weighted by molar-refractivity contribution is 0.0315. The maximum absolute atomic E-state index is 11.9. The van der Waals surface area contributed by atoms with E-state index < -0.39 is 11.7 Å². The normalized spacial score (nSPS) is 15.7. The Kier molecular flexibility index (Phi) is 4.37. The molecule has 3 rings (SSSR count). The third kappa shape index (κ3) is 3.03. The van der Waals surface area contributed by atoms with Crippen LogP contribution in [0.15, 0.2) is 42.5 Å². The summed E-state index contributed by atoms with van der Waals surface area (Å²) in [6, 6.07) is 11.3. The van der Waals surface area contributed by atoms with Crippen molar-refractivity contribution in [3.8, 4) is 11.5 Å². The van der Waals surface area contributed by atoms with Crippen LogP contribution in [-0.2, 0) is 9.47 Å². The lowest BCUT2D eigenvalue weighted by atomic mass is 10.0. The quantitative estimate of drug-likeness (QED) is 0.498. The second-order valence-corrected chi connectivity index (χ2v) is 5.43. The first-order valence-electron chi connectivity index (χ1n) is 7.56. The maximum atomic E-state index is 11.9. The van der Waals surface area contributed by atoms with Gasteiger partial charge in [0.25, 0.3) is 0 Å². The van der Waals surface area contributed by atoms with E-state index >= 15 is 0 Å². The Morgan fingerprint density at radius 3 is 2.75 bits per heavy atom. The van der Waals surface area contributed by atoms with Gasteiger partial charge in [0.05, 0.1) is 12.2 Å². The molecule has 0 radical (unpaired) electrons. The van der Waals surface area contributed by atoms with Crippen LogP contribution in [0.1, 0.15) is 45.2 Å². The monoisotopic (exact) mass is 328 g/mol. The van der Waals surface area contributed by atoms with E-state index in [9.17, 15) is 19.8 Å². The number of carbonyl (C=O) groups excluding carboxylic acids is 2. The molecule has 0 spiro atoms. The van der Waals surface area contributed by atoms with Crippen LogP contribution < -0.4 is 0 Å². The number of benzene rings is 2. The Morgan fingerprint density at radius 1 is 1.12 bits per heavy atom. The highest BCUT2D eigenvalue weighted by Crippen LogP contribution is 2.33. The first-order chi connectivity index (χ1) is 11.6. The fraction of sp³-hybridized carbons (Fsp3) is 0.222. The Hall–Kier alpha value is -3.02. The first-order valence-corrected chi connectivity index (χ1v) is 7.56. The molecule has 0 saturated heterocycles. The van der Waals surface area contributed by atoms with Crippen LogP contribution in [-0.4, -0.2) is 28.8 Å². The fourth-order valence-corrected chi connectivity index (χ4v) is 2.64. The minimum absolute atomic E-state index is 0.0901. The van der Waals surface area contributed by atoms with E-state index in [1.165, 1.54) is 18.2 Å². The van der Waals surface area contributed by atoms with Crippen molar-refractivity contribution in [2.24, 2.45) is 0 Å². The van der Waals surface area contributed by atoms with E-state index in [0.29, 0.717) is 18.4 Å². The summed E-state index contributed by atoms with van der Waals surface area (Å²) in [5, 5.41) is 19.0. The van der Waals surface area contributed by atoms with Gasteiger partial charge in [-0.1, -0.05) is 24.3 Å². The van der Waals surface area contributed by atoms with Crippen LogP contribution in [0.4, 0.5) is 0 Å². The molecule has 0 aliphatic carbocycles. The van der Waals surface area contributed by atoms with Gasteiger partial charge in [-0.15, -0.1) is 0 Å². The molecule has 0 amide bonds. The molecule has 2 aromatic carbocycles. The highest BCUT2D eigenvalue weighted by atomic mass is 16.6. The van der Waals surface area contributed by atoms with Crippen molar-refractivity contribution in [1.29, 1.82) is 0 Å². The first kappa shape index (κ1) is 15.9. The number of hydrogen-bond donors (Lipinski definition) is 2. The van der Waals surface area contributed by atoms with E-state index in [4.69, 9.17) is 9.47 Å². The van der Waals surface area contributed by atoms with Crippen molar-refractivity contribution < 1.29 is 29.3 Å². The van der Waals surface area contributed by atoms with Gasteiger partial charge in [0.15, 0.2) is 11.5 Å². The lowest BCUT2D eigenvalue weighted by Gasteiger charge is -2.11.